The van der Waals surface area contributed by atoms with Crippen LogP contribution in [0.1, 0.15) is 19.4 Å². The summed E-state index contributed by atoms with van der Waals surface area (Å²) in [4.78, 5) is 15.5. The van der Waals surface area contributed by atoms with Crippen molar-refractivity contribution in [2.45, 2.75) is 32.1 Å². The predicted octanol–water partition coefficient (Wildman–Crippen LogP) is 1.78. The predicted molar refractivity (Wildman–Crippen MR) is 96.7 cm³/mol. The number of carbonyl (C=O) groups excluding carboxylic acids is 1. The van der Waals surface area contributed by atoms with Gasteiger partial charge in [0.2, 0.25) is 5.91 Å². The molecule has 1 saturated heterocycles. The highest BCUT2D eigenvalue weighted by atomic mass is 16.6. The van der Waals surface area contributed by atoms with E-state index in [1.54, 1.807) is 21.2 Å². The summed E-state index contributed by atoms with van der Waals surface area (Å²) in [5, 5.41) is 0. The van der Waals surface area contributed by atoms with Crippen molar-refractivity contribution in [2.24, 2.45) is 0 Å². The van der Waals surface area contributed by atoms with Crippen LogP contribution >= 0.6 is 0 Å². The number of methoxy groups -OCH3 is 1. The zero-order valence-electron chi connectivity index (χ0n) is 15.9. The first-order valence-electron chi connectivity index (χ1n) is 8.60. The fourth-order valence-electron chi connectivity index (χ4n) is 3.06. The minimum absolute atomic E-state index is 0.0386. The van der Waals surface area contributed by atoms with Gasteiger partial charge in [-0.25, -0.2) is 0 Å². The molecule has 1 fully saturated rings. The second-order valence-corrected chi connectivity index (χ2v) is 7.32. The normalized spacial score (nSPS) is 20.3. The summed E-state index contributed by atoms with van der Waals surface area (Å²) in [7, 11) is 5.13. The van der Waals surface area contributed by atoms with Crippen molar-refractivity contribution in [3.05, 3.63) is 29.8 Å². The van der Waals surface area contributed by atoms with E-state index in [-0.39, 0.29) is 24.2 Å². The first-order chi connectivity index (χ1) is 11.8. The summed E-state index contributed by atoms with van der Waals surface area (Å²) in [5.74, 6) is 0.829. The molecule has 1 heterocycles. The highest BCUT2D eigenvalue weighted by Crippen LogP contribution is 2.23. The molecule has 0 bridgehead atoms. The highest BCUT2D eigenvalue weighted by molar-refractivity contribution is 5.76. The first-order valence-corrected chi connectivity index (χ1v) is 8.60. The van der Waals surface area contributed by atoms with Gasteiger partial charge in [0.25, 0.3) is 0 Å². The molecule has 1 aromatic carbocycles. The third-order valence-corrected chi connectivity index (χ3v) is 4.12. The summed E-state index contributed by atoms with van der Waals surface area (Å²) in [6.45, 7) is 7.12. The minimum Gasteiger partial charge on any atom is -0.497 e. The molecule has 0 N–H and O–H groups in total. The van der Waals surface area contributed by atoms with Gasteiger partial charge in [0.15, 0.2) is 0 Å². The average molecular weight is 350 g/mol. The van der Waals surface area contributed by atoms with Crippen molar-refractivity contribution in [3.63, 3.8) is 0 Å². The van der Waals surface area contributed by atoms with Gasteiger partial charge in [0, 0.05) is 33.7 Å². The number of carbonyl (C=O) groups is 1. The third-order valence-electron chi connectivity index (χ3n) is 4.12. The van der Waals surface area contributed by atoms with Crippen LogP contribution in [0, 0.1) is 0 Å². The number of ether oxygens (including phenoxy) is 3. The Labute approximate surface area is 150 Å². The summed E-state index contributed by atoms with van der Waals surface area (Å²) in [5.41, 5.74) is 0.955. The van der Waals surface area contributed by atoms with Crippen LogP contribution in [0.5, 0.6) is 5.75 Å². The molecule has 6 nitrogen and oxygen atoms in total. The molecule has 0 aliphatic carbocycles. The van der Waals surface area contributed by atoms with E-state index in [1.807, 2.05) is 12.1 Å². The zero-order valence-corrected chi connectivity index (χ0v) is 15.9. The zero-order chi connectivity index (χ0) is 18.4. The van der Waals surface area contributed by atoms with Crippen LogP contribution in [0.25, 0.3) is 0 Å². The lowest BCUT2D eigenvalue weighted by atomic mass is 10.0. The van der Waals surface area contributed by atoms with E-state index >= 15 is 0 Å². The maximum atomic E-state index is 11.6. The molecular weight excluding hydrogens is 320 g/mol. The SMILES string of the molecule is COc1cccc(CN2CC(COCC(=O)N(C)C)OC(C)(C)C2)c1. The van der Waals surface area contributed by atoms with Crippen molar-refractivity contribution in [3.8, 4) is 5.75 Å². The Hall–Kier alpha value is -1.63. The van der Waals surface area contributed by atoms with Gasteiger partial charge in [-0.05, 0) is 31.5 Å². The molecule has 1 aromatic rings. The Morgan fingerprint density at radius 2 is 2.16 bits per heavy atom. The number of nitrogens with zero attached hydrogens (tertiary/aromatic N) is 2. The van der Waals surface area contributed by atoms with E-state index in [1.165, 1.54) is 10.5 Å². The molecule has 1 aliphatic heterocycles. The molecule has 0 saturated carbocycles. The second kappa shape index (κ2) is 8.65. The van der Waals surface area contributed by atoms with Crippen molar-refractivity contribution in [2.75, 3.05) is 47.5 Å². The molecule has 1 aliphatic rings. The van der Waals surface area contributed by atoms with Gasteiger partial charge in [0.05, 0.1) is 25.4 Å². The summed E-state index contributed by atoms with van der Waals surface area (Å²) in [6.07, 6.45) is -0.0516. The number of hydrogen-bond acceptors (Lipinski definition) is 5. The molecule has 0 spiro atoms. The van der Waals surface area contributed by atoms with Crippen molar-refractivity contribution in [1.29, 1.82) is 0 Å². The maximum absolute atomic E-state index is 11.6. The number of likely N-dealkylation sites (N-methyl/N-ethyl adjacent to an activating group) is 1. The third kappa shape index (κ3) is 6.30. The maximum Gasteiger partial charge on any atom is 0.248 e. The number of morpholine rings is 1. The molecule has 140 valence electrons. The smallest absolute Gasteiger partial charge is 0.248 e. The Kier molecular flexibility index (Phi) is 6.81. The molecule has 1 atom stereocenters. The van der Waals surface area contributed by atoms with E-state index in [0.29, 0.717) is 6.61 Å². The lowest BCUT2D eigenvalue weighted by Gasteiger charge is -2.42. The molecule has 25 heavy (non-hydrogen) atoms. The Morgan fingerprint density at radius 3 is 2.84 bits per heavy atom. The lowest BCUT2D eigenvalue weighted by Crippen LogP contribution is -2.53. The molecule has 1 unspecified atom stereocenters. The fourth-order valence-corrected chi connectivity index (χ4v) is 3.06. The topological polar surface area (TPSA) is 51.2 Å². The van der Waals surface area contributed by atoms with Gasteiger partial charge in [-0.2, -0.15) is 0 Å². The van der Waals surface area contributed by atoms with E-state index in [2.05, 4.69) is 30.9 Å². The Bertz CT molecular complexity index is 574. The van der Waals surface area contributed by atoms with Crippen LogP contribution in [-0.2, 0) is 20.8 Å². The van der Waals surface area contributed by atoms with Crippen LogP contribution in [0.4, 0.5) is 0 Å². The second-order valence-electron chi connectivity index (χ2n) is 7.32. The fraction of sp³-hybridized carbons (Fsp3) is 0.632. The lowest BCUT2D eigenvalue weighted by molar-refractivity contribution is -0.161. The van der Waals surface area contributed by atoms with Crippen LogP contribution in [0.3, 0.4) is 0 Å². The highest BCUT2D eigenvalue weighted by Gasteiger charge is 2.33. The molecule has 6 heteroatoms. The first kappa shape index (κ1) is 19.7. The van der Waals surface area contributed by atoms with E-state index in [9.17, 15) is 4.79 Å². The van der Waals surface area contributed by atoms with Crippen LogP contribution in [0.15, 0.2) is 24.3 Å². The van der Waals surface area contributed by atoms with Crippen LogP contribution < -0.4 is 4.74 Å². The van der Waals surface area contributed by atoms with Crippen molar-refractivity contribution < 1.29 is 19.0 Å². The monoisotopic (exact) mass is 350 g/mol. The number of rotatable bonds is 7. The average Bonchev–Trinajstić information content (AvgIpc) is 2.53. The van der Waals surface area contributed by atoms with E-state index in [0.717, 1.165) is 25.4 Å². The van der Waals surface area contributed by atoms with Crippen LogP contribution in [0.2, 0.25) is 0 Å². The van der Waals surface area contributed by atoms with Crippen LogP contribution in [-0.4, -0.2) is 74.9 Å². The Morgan fingerprint density at radius 1 is 1.40 bits per heavy atom. The number of amides is 1. The van der Waals surface area contributed by atoms with Gasteiger partial charge < -0.3 is 19.1 Å². The molecule has 1 amide bonds. The summed E-state index contributed by atoms with van der Waals surface area (Å²) >= 11 is 0. The van der Waals surface area contributed by atoms with Gasteiger partial charge in [0.1, 0.15) is 12.4 Å². The minimum atomic E-state index is -0.253. The van der Waals surface area contributed by atoms with E-state index in [4.69, 9.17) is 14.2 Å². The quantitative estimate of drug-likeness (QED) is 0.750. The van der Waals surface area contributed by atoms with Gasteiger partial charge in [-0.3, -0.25) is 9.69 Å². The number of hydrogen-bond donors (Lipinski definition) is 0. The largest absolute Gasteiger partial charge is 0.497 e. The summed E-state index contributed by atoms with van der Waals surface area (Å²) < 4.78 is 17.0. The van der Waals surface area contributed by atoms with Crippen molar-refractivity contribution in [1.82, 2.24) is 9.80 Å². The molecule has 0 aromatic heterocycles. The molecule has 2 rings (SSSR count). The number of benzene rings is 1. The summed E-state index contributed by atoms with van der Waals surface area (Å²) in [6, 6.07) is 8.12. The molecular formula is C19H30N2O4. The Balaban J connectivity index is 1.92. The van der Waals surface area contributed by atoms with E-state index < -0.39 is 0 Å². The molecule has 0 radical (unpaired) electrons. The van der Waals surface area contributed by atoms with Crippen molar-refractivity contribution >= 4 is 5.91 Å². The van der Waals surface area contributed by atoms with Gasteiger partial charge in [-0.1, -0.05) is 12.1 Å². The van der Waals surface area contributed by atoms with Gasteiger partial charge >= 0.3 is 0 Å². The van der Waals surface area contributed by atoms with Gasteiger partial charge in [-0.15, -0.1) is 0 Å². The standard InChI is InChI=1S/C19H30N2O4/c1-19(2)14-21(10-15-7-6-8-16(9-15)23-5)11-17(25-19)12-24-13-18(22)20(3)4/h6-9,17H,10-14H2,1-5H3.